The number of benzene rings is 2. The minimum absolute atomic E-state index is 0.00100. The number of para-hydroxylation sites is 1. The van der Waals surface area contributed by atoms with E-state index in [2.05, 4.69) is 15.5 Å². The zero-order valence-electron chi connectivity index (χ0n) is 17.7. The van der Waals surface area contributed by atoms with Gasteiger partial charge in [0.25, 0.3) is 17.5 Å². The maximum atomic E-state index is 12.1. The van der Waals surface area contributed by atoms with E-state index in [1.807, 2.05) is 32.0 Å². The Balaban J connectivity index is 1.55. The number of rotatable bonds is 8. The van der Waals surface area contributed by atoms with Crippen LogP contribution in [0.2, 0.25) is 0 Å². The molecule has 0 saturated carbocycles. The number of hydrogen-bond donors (Lipinski definition) is 2. The molecule has 0 aliphatic rings. The summed E-state index contributed by atoms with van der Waals surface area (Å²) in [5.41, 5.74) is 1.24. The van der Waals surface area contributed by atoms with Crippen molar-refractivity contribution in [1.29, 1.82) is 0 Å². The zero-order valence-corrected chi connectivity index (χ0v) is 17.7. The maximum Gasteiger partial charge on any atom is 0.269 e. The van der Waals surface area contributed by atoms with E-state index in [0.717, 1.165) is 5.52 Å². The predicted molar refractivity (Wildman–Crippen MR) is 118 cm³/mol. The van der Waals surface area contributed by atoms with Crippen LogP contribution in [-0.2, 0) is 4.79 Å². The summed E-state index contributed by atoms with van der Waals surface area (Å²) in [4.78, 5) is 34.3. The van der Waals surface area contributed by atoms with Crippen LogP contribution in [0.3, 0.4) is 0 Å². The summed E-state index contributed by atoms with van der Waals surface area (Å²) in [6.07, 6.45) is 0.407. The molecule has 0 aliphatic carbocycles. The van der Waals surface area contributed by atoms with Gasteiger partial charge < -0.3 is 15.0 Å². The number of amides is 2. The van der Waals surface area contributed by atoms with Crippen LogP contribution in [-0.4, -0.2) is 33.0 Å². The number of nitro benzene ring substituents is 1. The molecule has 0 saturated heterocycles. The molecular weight excluding hydrogens is 414 g/mol. The molecular formula is C22H23N5O5. The fourth-order valence-corrected chi connectivity index (χ4v) is 3.29. The summed E-state index contributed by atoms with van der Waals surface area (Å²) in [7, 11) is 0. The first-order chi connectivity index (χ1) is 15.3. The first-order valence-corrected chi connectivity index (χ1v) is 10.1. The second-order valence-electron chi connectivity index (χ2n) is 7.41. The van der Waals surface area contributed by atoms with Crippen molar-refractivity contribution in [3.63, 3.8) is 0 Å². The van der Waals surface area contributed by atoms with Gasteiger partial charge in [0.05, 0.1) is 10.4 Å². The summed E-state index contributed by atoms with van der Waals surface area (Å²) in [5.74, 6) is -0.913. The van der Waals surface area contributed by atoms with Gasteiger partial charge in [0, 0.05) is 42.1 Å². The lowest BCUT2D eigenvalue weighted by molar-refractivity contribution is -0.384. The third-order valence-electron chi connectivity index (χ3n) is 4.83. The monoisotopic (exact) mass is 437 g/mol. The lowest BCUT2D eigenvalue weighted by atomic mass is 10.2. The van der Waals surface area contributed by atoms with Gasteiger partial charge in [-0.25, -0.2) is 0 Å². The zero-order chi connectivity index (χ0) is 23.3. The fraction of sp³-hybridized carbons (Fsp3) is 0.273. The molecule has 10 nitrogen and oxygen atoms in total. The molecule has 2 N–H and O–H groups in total. The minimum Gasteiger partial charge on any atom is -0.493 e. The van der Waals surface area contributed by atoms with E-state index in [4.69, 9.17) is 0 Å². The SMILES string of the molecule is CC(C)n1c(O)c(N=NC(=O)CCCNC(=O)c2ccc([N+](=O)[O-])cc2)c2ccccc21. The quantitative estimate of drug-likeness (QED) is 0.228. The van der Waals surface area contributed by atoms with E-state index in [9.17, 15) is 24.8 Å². The molecule has 2 aromatic carbocycles. The lowest BCUT2D eigenvalue weighted by Crippen LogP contribution is -2.24. The van der Waals surface area contributed by atoms with Gasteiger partial charge in [0.2, 0.25) is 5.88 Å². The van der Waals surface area contributed by atoms with Gasteiger partial charge in [-0.15, -0.1) is 10.2 Å². The van der Waals surface area contributed by atoms with Gasteiger partial charge in [-0.05, 0) is 38.5 Å². The summed E-state index contributed by atoms with van der Waals surface area (Å²) in [6, 6.07) is 12.6. The van der Waals surface area contributed by atoms with Crippen LogP contribution in [0.15, 0.2) is 58.8 Å². The third kappa shape index (κ3) is 4.97. The molecule has 10 heteroatoms. The van der Waals surface area contributed by atoms with E-state index in [-0.39, 0.29) is 42.2 Å². The van der Waals surface area contributed by atoms with Crippen LogP contribution >= 0.6 is 0 Å². The number of nitro groups is 1. The van der Waals surface area contributed by atoms with Gasteiger partial charge in [-0.3, -0.25) is 19.7 Å². The molecule has 32 heavy (non-hydrogen) atoms. The molecule has 0 aliphatic heterocycles. The van der Waals surface area contributed by atoms with Gasteiger partial charge in [-0.1, -0.05) is 18.2 Å². The highest BCUT2D eigenvalue weighted by atomic mass is 16.6. The van der Waals surface area contributed by atoms with Crippen molar-refractivity contribution in [2.24, 2.45) is 10.2 Å². The Morgan fingerprint density at radius 2 is 1.84 bits per heavy atom. The van der Waals surface area contributed by atoms with E-state index >= 15 is 0 Å². The lowest BCUT2D eigenvalue weighted by Gasteiger charge is -2.10. The van der Waals surface area contributed by atoms with Crippen LogP contribution in [0.1, 0.15) is 43.1 Å². The summed E-state index contributed by atoms with van der Waals surface area (Å²) in [5, 5.41) is 32.2. The molecule has 0 bridgehead atoms. The van der Waals surface area contributed by atoms with Crippen molar-refractivity contribution < 1.29 is 19.6 Å². The average molecular weight is 437 g/mol. The van der Waals surface area contributed by atoms with E-state index in [0.29, 0.717) is 17.4 Å². The minimum atomic E-state index is -0.540. The Labute approximate surface area is 183 Å². The van der Waals surface area contributed by atoms with Crippen molar-refractivity contribution in [1.82, 2.24) is 9.88 Å². The third-order valence-corrected chi connectivity index (χ3v) is 4.83. The summed E-state index contributed by atoms with van der Waals surface area (Å²) >= 11 is 0. The van der Waals surface area contributed by atoms with E-state index < -0.39 is 10.8 Å². The molecule has 0 radical (unpaired) electrons. The number of carbonyl (C=O) groups is 2. The molecule has 3 aromatic rings. The van der Waals surface area contributed by atoms with Gasteiger partial charge in [0.15, 0.2) is 5.69 Å². The first-order valence-electron chi connectivity index (χ1n) is 10.1. The molecule has 1 heterocycles. The summed E-state index contributed by atoms with van der Waals surface area (Å²) < 4.78 is 1.72. The number of hydrogen-bond acceptors (Lipinski definition) is 6. The predicted octanol–water partition coefficient (Wildman–Crippen LogP) is 4.66. The van der Waals surface area contributed by atoms with Crippen molar-refractivity contribution in [2.75, 3.05) is 6.54 Å². The van der Waals surface area contributed by atoms with Crippen LogP contribution in [0, 0.1) is 10.1 Å². The topological polar surface area (TPSA) is 139 Å². The number of aromatic hydroxyl groups is 1. The van der Waals surface area contributed by atoms with Crippen LogP contribution in [0.5, 0.6) is 5.88 Å². The van der Waals surface area contributed by atoms with Crippen LogP contribution in [0.4, 0.5) is 11.4 Å². The smallest absolute Gasteiger partial charge is 0.269 e. The molecule has 0 fully saturated rings. The maximum absolute atomic E-state index is 12.1. The Kier molecular flexibility index (Phi) is 6.93. The molecule has 1 aromatic heterocycles. The largest absolute Gasteiger partial charge is 0.493 e. The highest BCUT2D eigenvalue weighted by Crippen LogP contribution is 2.40. The standard InChI is InChI=1S/C22H23N5O5/c1-14(2)26-18-7-4-3-6-17(18)20(22(26)30)25-24-19(28)8-5-13-23-21(29)15-9-11-16(12-10-15)27(31)32/h3-4,6-7,9-12,14,30H,5,8,13H2,1-2H3,(H,23,29). The number of non-ortho nitro benzene ring substituents is 1. The Hall–Kier alpha value is -4.08. The Morgan fingerprint density at radius 3 is 2.50 bits per heavy atom. The van der Waals surface area contributed by atoms with E-state index in [1.54, 1.807) is 10.6 Å². The van der Waals surface area contributed by atoms with Gasteiger partial charge >= 0.3 is 0 Å². The molecule has 2 amide bonds. The Bertz CT molecular complexity index is 1180. The van der Waals surface area contributed by atoms with Gasteiger partial charge in [-0.2, -0.15) is 0 Å². The van der Waals surface area contributed by atoms with Crippen molar-refractivity contribution >= 4 is 34.1 Å². The number of fused-ring (bicyclic) bond motifs is 1. The number of aromatic nitrogens is 1. The van der Waals surface area contributed by atoms with Crippen molar-refractivity contribution in [3.8, 4) is 5.88 Å². The van der Waals surface area contributed by atoms with Crippen LogP contribution in [0.25, 0.3) is 10.9 Å². The highest BCUT2D eigenvalue weighted by molar-refractivity contribution is 5.95. The number of nitrogens with zero attached hydrogens (tertiary/aromatic N) is 4. The number of carbonyl (C=O) groups excluding carboxylic acids is 2. The molecule has 0 unspecified atom stereocenters. The molecule has 0 atom stereocenters. The van der Waals surface area contributed by atoms with E-state index in [1.165, 1.54) is 24.3 Å². The fourth-order valence-electron chi connectivity index (χ4n) is 3.29. The highest BCUT2D eigenvalue weighted by Gasteiger charge is 2.18. The molecule has 166 valence electrons. The molecule has 3 rings (SSSR count). The second kappa shape index (κ2) is 9.82. The average Bonchev–Trinajstić information content (AvgIpc) is 3.06. The summed E-state index contributed by atoms with van der Waals surface area (Å²) in [6.45, 7) is 4.10. The normalized spacial score (nSPS) is 11.3. The van der Waals surface area contributed by atoms with Crippen molar-refractivity contribution in [2.45, 2.75) is 32.7 Å². The number of azo groups is 1. The van der Waals surface area contributed by atoms with Crippen LogP contribution < -0.4 is 5.32 Å². The first kappa shape index (κ1) is 22.6. The van der Waals surface area contributed by atoms with Gasteiger partial charge in [0.1, 0.15) is 0 Å². The van der Waals surface area contributed by atoms with Crippen molar-refractivity contribution in [3.05, 3.63) is 64.2 Å². The second-order valence-corrected chi connectivity index (χ2v) is 7.41. The number of nitrogens with one attached hydrogen (secondary N) is 1. The Morgan fingerprint density at radius 1 is 1.16 bits per heavy atom. The molecule has 0 spiro atoms.